The zero-order chi connectivity index (χ0) is 18.1. The van der Waals surface area contributed by atoms with Gasteiger partial charge < -0.3 is 9.84 Å². The second kappa shape index (κ2) is 9.47. The van der Waals surface area contributed by atoms with E-state index in [-0.39, 0.29) is 17.9 Å². The topological polar surface area (TPSA) is 75.6 Å². The molecule has 0 atom stereocenters. The van der Waals surface area contributed by atoms with Crippen molar-refractivity contribution in [3.63, 3.8) is 0 Å². The molecule has 5 nitrogen and oxygen atoms in total. The van der Waals surface area contributed by atoms with Crippen molar-refractivity contribution in [3.05, 3.63) is 65.2 Å². The number of aryl methyl sites for hydroxylation is 1. The van der Waals surface area contributed by atoms with Crippen molar-refractivity contribution in [1.82, 2.24) is 0 Å². The van der Waals surface area contributed by atoms with Crippen molar-refractivity contribution in [2.24, 2.45) is 0 Å². The molecule has 0 bridgehead atoms. The molecule has 0 aromatic heterocycles. The standard InChI is InChI=1S/C20H23NO4/c1-2-3-5-11-16-12-8-13-17(18(16)19(22)23)21-20(24)25-14-15-9-6-4-7-10-15/h4,6-10,12-13H,2-3,5,11,14H2,1H3,(H,21,24)(H,22,23). The van der Waals surface area contributed by atoms with Gasteiger partial charge in [-0.15, -0.1) is 0 Å². The van der Waals surface area contributed by atoms with E-state index in [0.29, 0.717) is 6.42 Å². The van der Waals surface area contributed by atoms with Gasteiger partial charge in [0, 0.05) is 0 Å². The molecule has 0 spiro atoms. The largest absolute Gasteiger partial charge is 0.478 e. The van der Waals surface area contributed by atoms with Gasteiger partial charge in [0.2, 0.25) is 0 Å². The van der Waals surface area contributed by atoms with Crippen LogP contribution in [0, 0.1) is 0 Å². The van der Waals surface area contributed by atoms with Crippen molar-refractivity contribution >= 4 is 17.7 Å². The van der Waals surface area contributed by atoms with Gasteiger partial charge in [0.1, 0.15) is 6.61 Å². The Morgan fingerprint density at radius 2 is 1.80 bits per heavy atom. The number of unbranched alkanes of at least 4 members (excludes halogenated alkanes) is 2. The highest BCUT2D eigenvalue weighted by atomic mass is 16.5. The molecular formula is C20H23NO4. The Balaban J connectivity index is 2.05. The summed E-state index contributed by atoms with van der Waals surface area (Å²) < 4.78 is 5.16. The number of benzene rings is 2. The number of nitrogens with one attached hydrogen (secondary N) is 1. The number of aromatic carboxylic acids is 1. The third-order valence-corrected chi connectivity index (χ3v) is 3.86. The summed E-state index contributed by atoms with van der Waals surface area (Å²) >= 11 is 0. The summed E-state index contributed by atoms with van der Waals surface area (Å²) in [5, 5.41) is 12.1. The minimum absolute atomic E-state index is 0.130. The summed E-state index contributed by atoms with van der Waals surface area (Å²) in [4.78, 5) is 23.7. The summed E-state index contributed by atoms with van der Waals surface area (Å²) in [5.74, 6) is -1.05. The van der Waals surface area contributed by atoms with Gasteiger partial charge in [0.05, 0.1) is 11.3 Å². The van der Waals surface area contributed by atoms with Crippen molar-refractivity contribution in [2.75, 3.05) is 5.32 Å². The van der Waals surface area contributed by atoms with Crippen LogP contribution in [-0.2, 0) is 17.8 Å². The molecule has 2 aromatic carbocycles. The van der Waals surface area contributed by atoms with Gasteiger partial charge >= 0.3 is 12.1 Å². The van der Waals surface area contributed by atoms with Crippen molar-refractivity contribution in [1.29, 1.82) is 0 Å². The average molecular weight is 341 g/mol. The lowest BCUT2D eigenvalue weighted by atomic mass is 9.99. The molecule has 2 aromatic rings. The summed E-state index contributed by atoms with van der Waals surface area (Å²) in [6.07, 6.45) is 3.02. The molecule has 0 fully saturated rings. The quantitative estimate of drug-likeness (QED) is 0.672. The Kier molecular flexibility index (Phi) is 7.01. The van der Waals surface area contributed by atoms with Gasteiger partial charge in [0.15, 0.2) is 0 Å². The number of ether oxygens (including phenoxy) is 1. The van der Waals surface area contributed by atoms with E-state index in [1.165, 1.54) is 0 Å². The van der Waals surface area contributed by atoms with Gasteiger partial charge in [-0.25, -0.2) is 9.59 Å². The number of carboxylic acid groups (broad SMARTS) is 1. The number of rotatable bonds is 8. The smallest absolute Gasteiger partial charge is 0.411 e. The van der Waals surface area contributed by atoms with Crippen LogP contribution in [0.25, 0.3) is 0 Å². The summed E-state index contributed by atoms with van der Waals surface area (Å²) in [6.45, 7) is 2.23. The van der Waals surface area contributed by atoms with Gasteiger partial charge in [-0.2, -0.15) is 0 Å². The Hall–Kier alpha value is -2.82. The molecule has 0 saturated heterocycles. The first-order valence-corrected chi connectivity index (χ1v) is 8.44. The maximum atomic E-state index is 12.0. The van der Waals surface area contributed by atoms with Crippen LogP contribution in [0.2, 0.25) is 0 Å². The molecule has 5 heteroatoms. The first kappa shape index (κ1) is 18.5. The monoisotopic (exact) mass is 341 g/mol. The fraction of sp³-hybridized carbons (Fsp3) is 0.300. The summed E-state index contributed by atoms with van der Waals surface area (Å²) in [7, 11) is 0. The highest BCUT2D eigenvalue weighted by Gasteiger charge is 2.17. The van der Waals surface area contributed by atoms with Crippen LogP contribution >= 0.6 is 0 Å². The third kappa shape index (κ3) is 5.64. The van der Waals surface area contributed by atoms with E-state index in [4.69, 9.17) is 4.74 Å². The second-order valence-electron chi connectivity index (χ2n) is 5.79. The highest BCUT2D eigenvalue weighted by Crippen LogP contribution is 2.22. The number of carbonyl (C=O) groups excluding carboxylic acids is 1. The lowest BCUT2D eigenvalue weighted by Crippen LogP contribution is -2.17. The normalized spacial score (nSPS) is 10.3. The minimum Gasteiger partial charge on any atom is -0.478 e. The van der Waals surface area contributed by atoms with Crippen molar-refractivity contribution < 1.29 is 19.4 Å². The van der Waals surface area contributed by atoms with Crippen LogP contribution in [0.1, 0.15) is 47.7 Å². The maximum absolute atomic E-state index is 12.0. The van der Waals surface area contributed by atoms with Gasteiger partial charge in [-0.05, 0) is 30.0 Å². The Morgan fingerprint density at radius 3 is 2.48 bits per heavy atom. The molecule has 2 rings (SSSR count). The highest BCUT2D eigenvalue weighted by molar-refractivity contribution is 6.00. The molecule has 0 aliphatic carbocycles. The van der Waals surface area contributed by atoms with E-state index in [2.05, 4.69) is 12.2 Å². The van der Waals surface area contributed by atoms with E-state index < -0.39 is 12.1 Å². The van der Waals surface area contributed by atoms with Crippen LogP contribution in [0.15, 0.2) is 48.5 Å². The molecule has 0 radical (unpaired) electrons. The van der Waals surface area contributed by atoms with E-state index in [0.717, 1.165) is 30.4 Å². The Morgan fingerprint density at radius 1 is 1.04 bits per heavy atom. The number of carbonyl (C=O) groups is 2. The summed E-state index contributed by atoms with van der Waals surface area (Å²) in [6, 6.07) is 14.4. The molecule has 0 aliphatic rings. The zero-order valence-corrected chi connectivity index (χ0v) is 14.3. The average Bonchev–Trinajstić information content (AvgIpc) is 2.61. The molecule has 0 aliphatic heterocycles. The van der Waals surface area contributed by atoms with Gasteiger partial charge in [0.25, 0.3) is 0 Å². The third-order valence-electron chi connectivity index (χ3n) is 3.86. The van der Waals surface area contributed by atoms with Crippen LogP contribution in [0.5, 0.6) is 0 Å². The fourth-order valence-electron chi connectivity index (χ4n) is 2.60. The molecule has 0 heterocycles. The van der Waals surface area contributed by atoms with Crippen LogP contribution in [-0.4, -0.2) is 17.2 Å². The molecule has 2 N–H and O–H groups in total. The molecule has 1 amide bonds. The molecule has 0 saturated carbocycles. The fourth-order valence-corrected chi connectivity index (χ4v) is 2.60. The second-order valence-corrected chi connectivity index (χ2v) is 5.79. The lowest BCUT2D eigenvalue weighted by Gasteiger charge is -2.13. The number of amides is 1. The lowest BCUT2D eigenvalue weighted by molar-refractivity contribution is 0.0697. The van der Waals surface area contributed by atoms with Gasteiger partial charge in [-0.3, -0.25) is 5.32 Å². The van der Waals surface area contributed by atoms with Crippen molar-refractivity contribution in [2.45, 2.75) is 39.2 Å². The first-order chi connectivity index (χ1) is 12.1. The number of hydrogen-bond donors (Lipinski definition) is 2. The zero-order valence-electron chi connectivity index (χ0n) is 14.3. The predicted molar refractivity (Wildman–Crippen MR) is 96.9 cm³/mol. The van der Waals surface area contributed by atoms with Gasteiger partial charge in [-0.1, -0.05) is 62.2 Å². The number of hydrogen-bond acceptors (Lipinski definition) is 3. The van der Waals surface area contributed by atoms with Crippen LogP contribution < -0.4 is 5.32 Å². The molecule has 132 valence electrons. The van der Waals surface area contributed by atoms with Crippen LogP contribution in [0.4, 0.5) is 10.5 Å². The molecule has 25 heavy (non-hydrogen) atoms. The van der Waals surface area contributed by atoms with E-state index in [9.17, 15) is 14.7 Å². The van der Waals surface area contributed by atoms with Crippen LogP contribution in [0.3, 0.4) is 0 Å². The Labute approximate surface area is 147 Å². The number of anilines is 1. The molecular weight excluding hydrogens is 318 g/mol. The summed E-state index contributed by atoms with van der Waals surface area (Å²) in [5.41, 5.74) is 1.99. The Bertz CT molecular complexity index is 713. The van der Waals surface area contributed by atoms with E-state index in [1.54, 1.807) is 18.2 Å². The van der Waals surface area contributed by atoms with E-state index >= 15 is 0 Å². The number of carboxylic acids is 1. The predicted octanol–water partition coefficient (Wildman–Crippen LogP) is 4.87. The van der Waals surface area contributed by atoms with Crippen molar-refractivity contribution in [3.8, 4) is 0 Å². The first-order valence-electron chi connectivity index (χ1n) is 8.44. The minimum atomic E-state index is -1.05. The maximum Gasteiger partial charge on any atom is 0.411 e. The molecule has 0 unspecified atom stereocenters. The SMILES string of the molecule is CCCCCc1cccc(NC(=O)OCc2ccccc2)c1C(=O)O. The van der Waals surface area contributed by atoms with E-state index in [1.807, 2.05) is 30.3 Å².